The molecule has 0 aliphatic carbocycles. The summed E-state index contributed by atoms with van der Waals surface area (Å²) in [5.41, 5.74) is 2.75. The van der Waals surface area contributed by atoms with E-state index in [2.05, 4.69) is 38.7 Å². The number of pyridine rings is 1. The zero-order chi connectivity index (χ0) is 10.3. The Balaban J connectivity index is 2.75. The number of fused-ring (bicyclic) bond motifs is 1. The van der Waals surface area contributed by atoms with Gasteiger partial charge in [-0.25, -0.2) is 0 Å². The van der Waals surface area contributed by atoms with Crippen LogP contribution in [0, 0.1) is 6.92 Å². The number of hydrogen-bond acceptors (Lipinski definition) is 2. The minimum atomic E-state index is 0.232. The van der Waals surface area contributed by atoms with Crippen LogP contribution in [-0.2, 0) is 5.41 Å². The van der Waals surface area contributed by atoms with Crippen LogP contribution in [0.15, 0.2) is 18.3 Å². The summed E-state index contributed by atoms with van der Waals surface area (Å²) < 4.78 is 1.30. The van der Waals surface area contributed by atoms with E-state index in [1.54, 1.807) is 0 Å². The summed E-state index contributed by atoms with van der Waals surface area (Å²) in [4.78, 5) is 5.88. The lowest BCUT2D eigenvalue weighted by Gasteiger charge is -2.17. The second-order valence-corrected chi connectivity index (χ2v) is 5.71. The fraction of sp³-hybridized carbons (Fsp3) is 0.417. The van der Waals surface area contributed by atoms with Gasteiger partial charge in [-0.05, 0) is 30.0 Å². The maximum atomic E-state index is 4.43. The topological polar surface area (TPSA) is 12.9 Å². The summed E-state index contributed by atoms with van der Waals surface area (Å²) in [6, 6.07) is 4.15. The largest absolute Gasteiger partial charge is 0.255 e. The van der Waals surface area contributed by atoms with E-state index in [1.807, 2.05) is 23.6 Å². The number of aromatic nitrogens is 1. The van der Waals surface area contributed by atoms with Gasteiger partial charge in [0, 0.05) is 11.1 Å². The van der Waals surface area contributed by atoms with Crippen LogP contribution in [0.1, 0.15) is 31.2 Å². The van der Waals surface area contributed by atoms with Crippen LogP contribution in [0.3, 0.4) is 0 Å². The Morgan fingerprint density at radius 3 is 2.57 bits per heavy atom. The molecule has 2 heterocycles. The third-order valence-corrected chi connectivity index (χ3v) is 4.03. The Labute approximate surface area is 88.8 Å². The van der Waals surface area contributed by atoms with Crippen molar-refractivity contribution in [1.29, 1.82) is 0 Å². The molecule has 0 fully saturated rings. The molecular formula is C12H15NS. The van der Waals surface area contributed by atoms with Crippen LogP contribution >= 0.6 is 11.3 Å². The monoisotopic (exact) mass is 205 g/mol. The number of rotatable bonds is 0. The molecule has 0 spiro atoms. The maximum absolute atomic E-state index is 4.43. The Bertz CT molecular complexity index is 463. The van der Waals surface area contributed by atoms with E-state index < -0.39 is 0 Å². The maximum Gasteiger partial charge on any atom is 0.0841 e. The Hall–Kier alpha value is -0.890. The van der Waals surface area contributed by atoms with Crippen molar-refractivity contribution in [2.45, 2.75) is 33.1 Å². The fourth-order valence-corrected chi connectivity index (χ4v) is 2.99. The highest BCUT2D eigenvalue weighted by Crippen LogP contribution is 2.37. The summed E-state index contributed by atoms with van der Waals surface area (Å²) in [5.74, 6) is 0. The predicted octanol–water partition coefficient (Wildman–Crippen LogP) is 3.90. The molecule has 2 rings (SSSR count). The fourth-order valence-electron chi connectivity index (χ4n) is 1.76. The van der Waals surface area contributed by atoms with Crippen LogP contribution in [-0.4, -0.2) is 4.98 Å². The van der Waals surface area contributed by atoms with E-state index in [4.69, 9.17) is 0 Å². The van der Waals surface area contributed by atoms with Crippen molar-refractivity contribution in [3.8, 4) is 0 Å². The first kappa shape index (κ1) is 9.66. The molecule has 0 aliphatic rings. The highest BCUT2D eigenvalue weighted by Gasteiger charge is 2.20. The summed E-state index contributed by atoms with van der Waals surface area (Å²) in [6.45, 7) is 8.94. The van der Waals surface area contributed by atoms with E-state index in [0.717, 1.165) is 0 Å². The highest BCUT2D eigenvalue weighted by molar-refractivity contribution is 7.19. The van der Waals surface area contributed by atoms with Gasteiger partial charge in [-0.1, -0.05) is 20.8 Å². The van der Waals surface area contributed by atoms with Crippen molar-refractivity contribution >= 4 is 21.6 Å². The molecule has 2 heteroatoms. The number of nitrogens with zero attached hydrogens (tertiary/aromatic N) is 1. The summed E-state index contributed by atoms with van der Waals surface area (Å²) in [6.07, 6.45) is 1.87. The predicted molar refractivity (Wildman–Crippen MR) is 63.1 cm³/mol. The van der Waals surface area contributed by atoms with Gasteiger partial charge >= 0.3 is 0 Å². The minimum absolute atomic E-state index is 0.232. The molecule has 0 radical (unpaired) electrons. The van der Waals surface area contributed by atoms with Crippen molar-refractivity contribution in [3.05, 3.63) is 28.8 Å². The van der Waals surface area contributed by atoms with Crippen molar-refractivity contribution in [3.63, 3.8) is 0 Å². The Morgan fingerprint density at radius 2 is 2.00 bits per heavy atom. The van der Waals surface area contributed by atoms with Gasteiger partial charge in [0.2, 0.25) is 0 Å². The lowest BCUT2D eigenvalue weighted by Crippen LogP contribution is -2.09. The quantitative estimate of drug-likeness (QED) is 0.635. The van der Waals surface area contributed by atoms with Gasteiger partial charge in [0.1, 0.15) is 0 Å². The van der Waals surface area contributed by atoms with E-state index in [0.29, 0.717) is 0 Å². The summed E-state index contributed by atoms with van der Waals surface area (Å²) in [5, 5.41) is 0. The minimum Gasteiger partial charge on any atom is -0.255 e. The molecule has 0 aromatic carbocycles. The van der Waals surface area contributed by atoms with Gasteiger partial charge in [-0.2, -0.15) is 0 Å². The van der Waals surface area contributed by atoms with Gasteiger partial charge in [0.25, 0.3) is 0 Å². The molecule has 74 valence electrons. The van der Waals surface area contributed by atoms with Gasteiger partial charge in [0.15, 0.2) is 0 Å². The molecule has 2 aromatic heterocycles. The second-order valence-electron chi connectivity index (χ2n) is 4.66. The molecule has 14 heavy (non-hydrogen) atoms. The smallest absolute Gasteiger partial charge is 0.0841 e. The number of aryl methyl sites for hydroxylation is 1. The van der Waals surface area contributed by atoms with Gasteiger partial charge in [0.05, 0.1) is 10.2 Å². The third kappa shape index (κ3) is 1.44. The number of thiophene rings is 1. The lowest BCUT2D eigenvalue weighted by molar-refractivity contribution is 0.601. The van der Waals surface area contributed by atoms with Crippen molar-refractivity contribution in [1.82, 2.24) is 4.98 Å². The van der Waals surface area contributed by atoms with E-state index in [9.17, 15) is 0 Å². The van der Waals surface area contributed by atoms with Gasteiger partial charge < -0.3 is 0 Å². The lowest BCUT2D eigenvalue weighted by atomic mass is 9.92. The molecule has 0 bridgehead atoms. The molecule has 2 aromatic rings. The van der Waals surface area contributed by atoms with Crippen molar-refractivity contribution in [2.75, 3.05) is 0 Å². The molecule has 0 aliphatic heterocycles. The number of hydrogen-bond donors (Lipinski definition) is 0. The highest BCUT2D eigenvalue weighted by atomic mass is 32.1. The van der Waals surface area contributed by atoms with Gasteiger partial charge in [-0.15, -0.1) is 11.3 Å². The van der Waals surface area contributed by atoms with Crippen molar-refractivity contribution < 1.29 is 0 Å². The first-order valence-corrected chi connectivity index (χ1v) is 5.66. The standard InChI is InChI=1S/C12H15NS/c1-8-10-9(6-5-7-13-10)14-11(8)12(2,3)4/h5-7H,1-4H3. The van der Waals surface area contributed by atoms with Crippen LogP contribution in [0.25, 0.3) is 10.2 Å². The summed E-state index contributed by atoms with van der Waals surface area (Å²) >= 11 is 1.87. The van der Waals surface area contributed by atoms with Crippen LogP contribution in [0.2, 0.25) is 0 Å². The second kappa shape index (κ2) is 3.06. The van der Waals surface area contributed by atoms with Crippen LogP contribution in [0.4, 0.5) is 0 Å². The SMILES string of the molecule is Cc1c(C(C)(C)C)sc2cccnc12. The van der Waals surface area contributed by atoms with E-state index in [-0.39, 0.29) is 5.41 Å². The van der Waals surface area contributed by atoms with E-state index >= 15 is 0 Å². The zero-order valence-corrected chi connectivity index (χ0v) is 9.90. The Morgan fingerprint density at radius 1 is 1.29 bits per heavy atom. The third-order valence-electron chi connectivity index (χ3n) is 2.36. The molecule has 0 atom stereocenters. The average Bonchev–Trinajstić information content (AvgIpc) is 2.44. The normalized spacial score (nSPS) is 12.3. The van der Waals surface area contributed by atoms with E-state index in [1.165, 1.54) is 20.7 Å². The molecule has 1 nitrogen and oxygen atoms in total. The molecule has 0 unspecified atom stereocenters. The Kier molecular flexibility index (Phi) is 2.11. The average molecular weight is 205 g/mol. The van der Waals surface area contributed by atoms with Crippen LogP contribution in [0.5, 0.6) is 0 Å². The molecule has 0 saturated carbocycles. The molecule has 0 N–H and O–H groups in total. The molecular weight excluding hydrogens is 190 g/mol. The summed E-state index contributed by atoms with van der Waals surface area (Å²) in [7, 11) is 0. The van der Waals surface area contributed by atoms with Gasteiger partial charge in [-0.3, -0.25) is 4.98 Å². The zero-order valence-electron chi connectivity index (χ0n) is 9.09. The first-order chi connectivity index (χ1) is 6.50. The van der Waals surface area contributed by atoms with Crippen LogP contribution < -0.4 is 0 Å². The first-order valence-electron chi connectivity index (χ1n) is 4.85. The van der Waals surface area contributed by atoms with Crippen molar-refractivity contribution in [2.24, 2.45) is 0 Å². The molecule has 0 saturated heterocycles. The molecule has 0 amide bonds.